The first kappa shape index (κ1) is 15.3. The molecule has 2 aliphatic rings. The summed E-state index contributed by atoms with van der Waals surface area (Å²) in [6.07, 6.45) is 5.44. The van der Waals surface area contributed by atoms with E-state index < -0.39 is 0 Å². The lowest BCUT2D eigenvalue weighted by Crippen LogP contribution is -2.44. The molecule has 1 aromatic rings. The van der Waals surface area contributed by atoms with E-state index in [0.717, 1.165) is 13.0 Å². The smallest absolute Gasteiger partial charge is 0.338 e. The van der Waals surface area contributed by atoms with E-state index in [-0.39, 0.29) is 17.6 Å². The Balaban J connectivity index is 1.56. The monoisotopic (exact) mass is 307 g/mol. The fourth-order valence-electron chi connectivity index (χ4n) is 3.76. The zero-order valence-electron chi connectivity index (χ0n) is 13.4. The number of amides is 1. The number of hydrogen-bond donors (Lipinski definition) is 0. The van der Waals surface area contributed by atoms with Crippen molar-refractivity contribution in [3.8, 4) is 0 Å². The maximum Gasteiger partial charge on any atom is 0.345 e. The van der Waals surface area contributed by atoms with Gasteiger partial charge in [-0.2, -0.15) is 5.10 Å². The van der Waals surface area contributed by atoms with Gasteiger partial charge in [-0.25, -0.2) is 9.48 Å². The minimum Gasteiger partial charge on any atom is -0.338 e. The Labute approximate surface area is 130 Å². The van der Waals surface area contributed by atoms with Crippen LogP contribution in [0.1, 0.15) is 32.6 Å². The molecule has 22 heavy (non-hydrogen) atoms. The van der Waals surface area contributed by atoms with Crippen molar-refractivity contribution >= 4 is 5.91 Å². The second kappa shape index (κ2) is 6.24. The number of aryl methyl sites for hydroxylation is 2. The molecular formula is C15H25N5O2. The van der Waals surface area contributed by atoms with Gasteiger partial charge >= 0.3 is 5.69 Å². The van der Waals surface area contributed by atoms with E-state index in [9.17, 15) is 9.59 Å². The predicted octanol–water partition coefficient (Wildman–Crippen LogP) is 0.0571. The van der Waals surface area contributed by atoms with Crippen molar-refractivity contribution in [3.05, 3.63) is 16.8 Å². The number of nitrogens with zero attached hydrogens (tertiary/aromatic N) is 5. The van der Waals surface area contributed by atoms with Crippen molar-refractivity contribution in [2.75, 3.05) is 19.6 Å². The van der Waals surface area contributed by atoms with Gasteiger partial charge in [-0.15, -0.1) is 0 Å². The lowest BCUT2D eigenvalue weighted by atomic mass is 10.1. The Kier molecular flexibility index (Phi) is 4.33. The van der Waals surface area contributed by atoms with Crippen LogP contribution in [0, 0.1) is 0 Å². The molecule has 7 nitrogen and oxygen atoms in total. The molecule has 2 aliphatic heterocycles. The van der Waals surface area contributed by atoms with Crippen LogP contribution in [-0.2, 0) is 18.4 Å². The van der Waals surface area contributed by atoms with Gasteiger partial charge in [0.25, 0.3) is 0 Å². The molecule has 122 valence electrons. The van der Waals surface area contributed by atoms with E-state index in [1.807, 2.05) is 4.90 Å². The molecule has 0 aromatic carbocycles. The van der Waals surface area contributed by atoms with E-state index in [1.54, 1.807) is 7.05 Å². The summed E-state index contributed by atoms with van der Waals surface area (Å²) >= 11 is 0. The van der Waals surface area contributed by atoms with Gasteiger partial charge in [0.1, 0.15) is 6.33 Å². The predicted molar refractivity (Wildman–Crippen MR) is 82.5 cm³/mol. The third-order valence-electron chi connectivity index (χ3n) is 5.07. The summed E-state index contributed by atoms with van der Waals surface area (Å²) in [4.78, 5) is 28.7. The lowest BCUT2D eigenvalue weighted by Gasteiger charge is -2.30. The highest BCUT2D eigenvalue weighted by Crippen LogP contribution is 2.26. The van der Waals surface area contributed by atoms with Crippen molar-refractivity contribution in [3.63, 3.8) is 0 Å². The van der Waals surface area contributed by atoms with Crippen LogP contribution in [-0.4, -0.2) is 61.8 Å². The van der Waals surface area contributed by atoms with Gasteiger partial charge in [-0.3, -0.25) is 14.3 Å². The van der Waals surface area contributed by atoms with Crippen LogP contribution in [0.2, 0.25) is 0 Å². The summed E-state index contributed by atoms with van der Waals surface area (Å²) < 4.78 is 2.78. The maximum absolute atomic E-state index is 12.5. The first-order chi connectivity index (χ1) is 10.6. The number of carbonyl (C=O) groups is 1. The van der Waals surface area contributed by atoms with Crippen LogP contribution < -0.4 is 5.69 Å². The fraction of sp³-hybridized carbons (Fsp3) is 0.800. The van der Waals surface area contributed by atoms with Crippen molar-refractivity contribution in [2.24, 2.45) is 7.05 Å². The van der Waals surface area contributed by atoms with Crippen molar-refractivity contribution in [2.45, 2.75) is 51.2 Å². The molecule has 0 saturated carbocycles. The molecule has 3 heterocycles. The summed E-state index contributed by atoms with van der Waals surface area (Å²) in [5.41, 5.74) is -0.169. The Morgan fingerprint density at radius 3 is 2.68 bits per heavy atom. The third-order valence-corrected chi connectivity index (χ3v) is 5.07. The second-order valence-electron chi connectivity index (χ2n) is 6.42. The molecule has 7 heteroatoms. The first-order valence-corrected chi connectivity index (χ1v) is 8.20. The number of rotatable bonds is 4. The molecule has 0 N–H and O–H groups in total. The molecular weight excluding hydrogens is 282 g/mol. The SMILES string of the molecule is CC1C(N2CCCC2)CCN1C(=O)CCn1ncn(C)c1=O. The number of aromatic nitrogens is 3. The van der Waals surface area contributed by atoms with E-state index in [0.29, 0.717) is 19.0 Å². The molecule has 0 aliphatic carbocycles. The van der Waals surface area contributed by atoms with Gasteiger partial charge in [0.2, 0.25) is 5.91 Å². The highest BCUT2D eigenvalue weighted by atomic mass is 16.2. The Bertz CT molecular complexity index is 587. The van der Waals surface area contributed by atoms with Gasteiger partial charge in [0.15, 0.2) is 0 Å². The topological polar surface area (TPSA) is 63.4 Å². The molecule has 0 spiro atoms. The van der Waals surface area contributed by atoms with Crippen LogP contribution in [0.3, 0.4) is 0 Å². The quantitative estimate of drug-likeness (QED) is 0.789. The summed E-state index contributed by atoms with van der Waals surface area (Å²) in [7, 11) is 1.66. The summed E-state index contributed by atoms with van der Waals surface area (Å²) in [6, 6.07) is 0.773. The van der Waals surface area contributed by atoms with Crippen LogP contribution in [0.5, 0.6) is 0 Å². The highest BCUT2D eigenvalue weighted by Gasteiger charge is 2.37. The normalized spacial score (nSPS) is 26.0. The van der Waals surface area contributed by atoms with Crippen LogP contribution in [0.15, 0.2) is 11.1 Å². The average Bonchev–Trinajstić information content (AvgIpc) is 3.20. The molecule has 0 radical (unpaired) electrons. The lowest BCUT2D eigenvalue weighted by molar-refractivity contribution is -0.132. The Morgan fingerprint density at radius 1 is 1.32 bits per heavy atom. The maximum atomic E-state index is 12.5. The van der Waals surface area contributed by atoms with Gasteiger partial charge in [0, 0.05) is 32.1 Å². The second-order valence-corrected chi connectivity index (χ2v) is 6.42. The van der Waals surface area contributed by atoms with Crippen LogP contribution in [0.4, 0.5) is 0 Å². The Hall–Kier alpha value is -1.63. The molecule has 2 saturated heterocycles. The van der Waals surface area contributed by atoms with Gasteiger partial charge in [-0.05, 0) is 39.3 Å². The summed E-state index contributed by atoms with van der Waals surface area (Å²) in [5, 5.41) is 4.00. The number of likely N-dealkylation sites (tertiary alicyclic amines) is 2. The molecule has 2 atom stereocenters. The van der Waals surface area contributed by atoms with Gasteiger partial charge in [0.05, 0.1) is 6.54 Å². The van der Waals surface area contributed by atoms with E-state index in [2.05, 4.69) is 16.9 Å². The van der Waals surface area contributed by atoms with Crippen molar-refractivity contribution < 1.29 is 4.79 Å². The van der Waals surface area contributed by atoms with Gasteiger partial charge < -0.3 is 4.90 Å². The van der Waals surface area contributed by atoms with Crippen LogP contribution >= 0.6 is 0 Å². The minimum absolute atomic E-state index is 0.131. The number of carbonyl (C=O) groups excluding carboxylic acids is 1. The average molecular weight is 307 g/mol. The zero-order valence-corrected chi connectivity index (χ0v) is 13.4. The van der Waals surface area contributed by atoms with Crippen molar-refractivity contribution in [1.82, 2.24) is 24.1 Å². The zero-order chi connectivity index (χ0) is 15.7. The molecule has 3 rings (SSSR count). The minimum atomic E-state index is -0.169. The summed E-state index contributed by atoms with van der Waals surface area (Å²) in [5.74, 6) is 0.131. The van der Waals surface area contributed by atoms with Crippen molar-refractivity contribution in [1.29, 1.82) is 0 Å². The highest BCUT2D eigenvalue weighted by molar-refractivity contribution is 5.76. The Morgan fingerprint density at radius 2 is 2.05 bits per heavy atom. The standard InChI is InChI=1S/C15H25N5O2/c1-12-13(18-7-3-4-8-18)5-9-19(12)14(21)6-10-20-15(22)17(2)11-16-20/h11-13H,3-10H2,1-2H3. The summed E-state index contributed by atoms with van der Waals surface area (Å²) in [6.45, 7) is 5.68. The van der Waals surface area contributed by atoms with Crippen LogP contribution in [0.25, 0.3) is 0 Å². The molecule has 1 aromatic heterocycles. The van der Waals surface area contributed by atoms with E-state index in [4.69, 9.17) is 0 Å². The molecule has 1 amide bonds. The molecule has 2 unspecified atom stereocenters. The largest absolute Gasteiger partial charge is 0.345 e. The fourth-order valence-corrected chi connectivity index (χ4v) is 3.76. The third kappa shape index (κ3) is 2.82. The first-order valence-electron chi connectivity index (χ1n) is 8.20. The van der Waals surface area contributed by atoms with E-state index >= 15 is 0 Å². The number of hydrogen-bond acceptors (Lipinski definition) is 4. The van der Waals surface area contributed by atoms with E-state index in [1.165, 1.54) is 41.5 Å². The van der Waals surface area contributed by atoms with Gasteiger partial charge in [-0.1, -0.05) is 0 Å². The molecule has 2 fully saturated rings. The molecule has 0 bridgehead atoms.